The van der Waals surface area contributed by atoms with Crippen molar-refractivity contribution in [2.75, 3.05) is 12.3 Å². The van der Waals surface area contributed by atoms with E-state index in [1.54, 1.807) is 0 Å². The molecular weight excluding hydrogens is 370 g/mol. The number of aliphatic hydroxyl groups excluding tert-OH is 2. The van der Waals surface area contributed by atoms with E-state index in [0.29, 0.717) is 9.99 Å². The van der Waals surface area contributed by atoms with Gasteiger partial charge in [-0.05, 0) is 22.9 Å². The van der Waals surface area contributed by atoms with Crippen molar-refractivity contribution in [3.05, 3.63) is 16.5 Å². The van der Waals surface area contributed by atoms with Crippen molar-refractivity contribution in [1.29, 1.82) is 5.26 Å². The fourth-order valence-corrected chi connectivity index (χ4v) is 3.45. The molecule has 0 radical (unpaired) electrons. The Balaban J connectivity index is 2.28. The molecule has 1 aliphatic heterocycles. The van der Waals surface area contributed by atoms with Crippen molar-refractivity contribution < 1.29 is 20.1 Å². The smallest absolute Gasteiger partial charge is 0.168 e. The second kappa shape index (κ2) is 5.40. The third kappa shape index (κ3) is 2.13. The van der Waals surface area contributed by atoms with Crippen molar-refractivity contribution in [3.8, 4) is 6.07 Å². The molecule has 2 aromatic heterocycles. The number of nitrogen functional groups attached to an aromatic ring is 1. The van der Waals surface area contributed by atoms with Gasteiger partial charge in [-0.15, -0.1) is 0 Å². The number of fused-ring (bicyclic) bond motifs is 1. The van der Waals surface area contributed by atoms with Gasteiger partial charge >= 0.3 is 0 Å². The molecule has 1 aliphatic rings. The minimum Gasteiger partial charge on any atom is -0.394 e. The number of ether oxygens (including phenoxy) is 1. The van der Waals surface area contributed by atoms with E-state index in [4.69, 9.17) is 10.5 Å². The maximum absolute atomic E-state index is 10.6. The molecule has 0 bridgehead atoms. The quantitative estimate of drug-likeness (QED) is 0.549. The second-order valence-electron chi connectivity index (χ2n) is 5.49. The molecule has 1 saturated heterocycles. The molecule has 9 nitrogen and oxygen atoms in total. The molecule has 2 aromatic rings. The lowest BCUT2D eigenvalue weighted by molar-refractivity contribution is -0.0957. The second-order valence-corrected chi connectivity index (χ2v) is 6.24. The first-order valence-electron chi connectivity index (χ1n) is 6.71. The van der Waals surface area contributed by atoms with Gasteiger partial charge in [-0.1, -0.05) is 0 Å². The van der Waals surface area contributed by atoms with Crippen molar-refractivity contribution in [2.24, 2.45) is 0 Å². The minimum atomic E-state index is -1.71. The number of hydrogen-bond acceptors (Lipinski definition) is 8. The van der Waals surface area contributed by atoms with Crippen LogP contribution in [0, 0.1) is 11.3 Å². The van der Waals surface area contributed by atoms with E-state index in [9.17, 15) is 20.6 Å². The van der Waals surface area contributed by atoms with Gasteiger partial charge in [-0.3, -0.25) is 4.57 Å². The summed E-state index contributed by atoms with van der Waals surface area (Å²) in [6.07, 6.45) is -2.13. The van der Waals surface area contributed by atoms with Gasteiger partial charge in [-0.2, -0.15) is 5.26 Å². The summed E-state index contributed by atoms with van der Waals surface area (Å²) in [5.74, 6) is 0.114. The summed E-state index contributed by atoms with van der Waals surface area (Å²) in [6, 6.07) is 2.01. The van der Waals surface area contributed by atoms with Crippen molar-refractivity contribution in [2.45, 2.75) is 31.0 Å². The highest BCUT2D eigenvalue weighted by Gasteiger charge is 2.53. The van der Waals surface area contributed by atoms with Gasteiger partial charge in [0.1, 0.15) is 46.3 Å². The molecule has 2 unspecified atom stereocenters. The summed E-state index contributed by atoms with van der Waals surface area (Å²) in [5, 5.41) is 39.8. The molecule has 4 atom stereocenters. The van der Waals surface area contributed by atoms with E-state index < -0.39 is 30.6 Å². The Hall–Kier alpha value is -1.77. The van der Waals surface area contributed by atoms with Crippen LogP contribution in [0.5, 0.6) is 0 Å². The lowest BCUT2D eigenvalue weighted by atomic mass is 9.96. The van der Waals surface area contributed by atoms with Gasteiger partial charge in [0.05, 0.1) is 17.6 Å². The van der Waals surface area contributed by atoms with Crippen LogP contribution in [-0.2, 0) is 4.74 Å². The Morgan fingerprint density at radius 2 is 2.26 bits per heavy atom. The predicted molar refractivity (Wildman–Crippen MR) is 82.0 cm³/mol. The fraction of sp³-hybridized carbons (Fsp3) is 0.462. The number of nitrogens with two attached hydrogens (primary N) is 1. The standard InChI is InChI=1S/C13H14BrN5O4/c1-13(22)8(21)6(3-20)23-12(13)19-9(14)5(2-15)7-10(16)17-4-18-11(7)19/h4,6,8,12,20-22H,3H2,1H3,(H2,16,17,18)/t6?,8-,12?,13-/m1/s1. The molecule has 0 aromatic carbocycles. The molecular formula is C13H14BrN5O4. The molecule has 122 valence electrons. The number of anilines is 1. The molecule has 10 heteroatoms. The van der Waals surface area contributed by atoms with Crippen molar-refractivity contribution in [3.63, 3.8) is 0 Å². The van der Waals surface area contributed by atoms with Gasteiger partial charge in [-0.25, -0.2) is 9.97 Å². The van der Waals surface area contributed by atoms with Crippen LogP contribution >= 0.6 is 15.9 Å². The summed E-state index contributed by atoms with van der Waals surface area (Å²) >= 11 is 3.29. The molecule has 0 aliphatic carbocycles. The number of nitrogens with zero attached hydrogens (tertiary/aromatic N) is 4. The molecule has 5 N–H and O–H groups in total. The number of halogens is 1. The molecule has 23 heavy (non-hydrogen) atoms. The van der Waals surface area contributed by atoms with Gasteiger partial charge < -0.3 is 25.8 Å². The van der Waals surface area contributed by atoms with Crippen LogP contribution in [0.15, 0.2) is 10.9 Å². The summed E-state index contributed by atoms with van der Waals surface area (Å²) in [4.78, 5) is 7.98. The van der Waals surface area contributed by atoms with Crippen LogP contribution in [0.4, 0.5) is 5.82 Å². The van der Waals surface area contributed by atoms with Crippen LogP contribution in [-0.4, -0.2) is 54.3 Å². The van der Waals surface area contributed by atoms with Gasteiger partial charge in [0.25, 0.3) is 0 Å². The molecule has 3 rings (SSSR count). The van der Waals surface area contributed by atoms with Gasteiger partial charge in [0.15, 0.2) is 6.23 Å². The molecule has 0 spiro atoms. The zero-order valence-electron chi connectivity index (χ0n) is 12.0. The first-order valence-corrected chi connectivity index (χ1v) is 7.50. The van der Waals surface area contributed by atoms with Gasteiger partial charge in [0, 0.05) is 0 Å². The van der Waals surface area contributed by atoms with E-state index in [0.717, 1.165) is 0 Å². The maximum atomic E-state index is 10.6. The molecule has 1 fully saturated rings. The fourth-order valence-electron chi connectivity index (χ4n) is 2.81. The van der Waals surface area contributed by atoms with E-state index in [1.807, 2.05) is 6.07 Å². The highest BCUT2D eigenvalue weighted by molar-refractivity contribution is 9.10. The average molecular weight is 384 g/mol. The summed E-state index contributed by atoms with van der Waals surface area (Å²) in [7, 11) is 0. The third-order valence-corrected chi connectivity index (χ3v) is 4.81. The number of rotatable bonds is 2. The third-order valence-electron chi connectivity index (χ3n) is 4.03. The van der Waals surface area contributed by atoms with Crippen molar-refractivity contribution >= 4 is 32.8 Å². The number of aliphatic hydroxyl groups is 3. The Morgan fingerprint density at radius 1 is 1.57 bits per heavy atom. The average Bonchev–Trinajstić information content (AvgIpc) is 2.92. The normalized spacial score (nSPS) is 30.7. The van der Waals surface area contributed by atoms with Gasteiger partial charge in [0.2, 0.25) is 0 Å². The van der Waals surface area contributed by atoms with Crippen LogP contribution in [0.1, 0.15) is 18.7 Å². The van der Waals surface area contributed by atoms with E-state index in [2.05, 4.69) is 25.9 Å². The Bertz CT molecular complexity index is 815. The number of nitriles is 1. The first-order chi connectivity index (χ1) is 10.8. The Morgan fingerprint density at radius 3 is 2.83 bits per heavy atom. The zero-order valence-corrected chi connectivity index (χ0v) is 13.6. The van der Waals surface area contributed by atoms with Crippen LogP contribution in [0.25, 0.3) is 11.0 Å². The lowest BCUT2D eigenvalue weighted by Gasteiger charge is -2.28. The topological polar surface area (TPSA) is 150 Å². The van der Waals surface area contributed by atoms with E-state index in [-0.39, 0.29) is 17.0 Å². The molecule has 0 amide bonds. The Labute approximate surface area is 139 Å². The minimum absolute atomic E-state index is 0.114. The number of aromatic nitrogens is 3. The summed E-state index contributed by atoms with van der Waals surface area (Å²) in [5.41, 5.74) is 4.59. The van der Waals surface area contributed by atoms with Crippen LogP contribution in [0.2, 0.25) is 0 Å². The maximum Gasteiger partial charge on any atom is 0.168 e. The van der Waals surface area contributed by atoms with Crippen molar-refractivity contribution in [1.82, 2.24) is 14.5 Å². The number of hydrogen-bond donors (Lipinski definition) is 4. The Kier molecular flexibility index (Phi) is 3.78. The predicted octanol–water partition coefficient (Wildman–Crippen LogP) is -0.351. The lowest BCUT2D eigenvalue weighted by Crippen LogP contribution is -2.44. The van der Waals surface area contributed by atoms with Crippen LogP contribution < -0.4 is 5.73 Å². The largest absolute Gasteiger partial charge is 0.394 e. The SMILES string of the molecule is C[C@]1(O)C(n2c(Br)c(C#N)c3c(N)ncnc32)OC(CO)[C@H]1O. The van der Waals surface area contributed by atoms with E-state index >= 15 is 0 Å². The summed E-state index contributed by atoms with van der Waals surface area (Å²) in [6.45, 7) is 0.916. The van der Waals surface area contributed by atoms with E-state index in [1.165, 1.54) is 17.8 Å². The highest BCUT2D eigenvalue weighted by atomic mass is 79.9. The molecule has 3 heterocycles. The highest BCUT2D eigenvalue weighted by Crippen LogP contribution is 2.43. The van der Waals surface area contributed by atoms with Crippen LogP contribution in [0.3, 0.4) is 0 Å². The zero-order chi connectivity index (χ0) is 16.9. The first kappa shape index (κ1) is 16.1. The monoisotopic (exact) mass is 383 g/mol. The summed E-state index contributed by atoms with van der Waals surface area (Å²) < 4.78 is 7.29. The molecule has 0 saturated carbocycles.